The Bertz CT molecular complexity index is 406. The average Bonchev–Trinajstić information content (AvgIpc) is 2.28. The molecule has 0 bridgehead atoms. The lowest BCUT2D eigenvalue weighted by molar-refractivity contribution is -0.138. The van der Waals surface area contributed by atoms with Crippen LogP contribution in [0.15, 0.2) is 24.3 Å². The van der Waals surface area contributed by atoms with E-state index in [0.29, 0.717) is 11.6 Å². The first-order valence-corrected chi connectivity index (χ1v) is 5.38. The van der Waals surface area contributed by atoms with Gasteiger partial charge in [-0.25, -0.2) is 4.79 Å². The Labute approximate surface area is 104 Å². The second-order valence-corrected chi connectivity index (χ2v) is 3.95. The van der Waals surface area contributed by atoms with Crippen LogP contribution in [0.5, 0.6) is 0 Å². The molecule has 92 valence electrons. The van der Waals surface area contributed by atoms with E-state index < -0.39 is 18.0 Å². The third-order valence-electron chi connectivity index (χ3n) is 2.08. The number of nitrogens with one attached hydrogen (secondary N) is 2. The predicted octanol–water partition coefficient (Wildman–Crippen LogP) is 1.61. The maximum Gasteiger partial charge on any atom is 0.325 e. The zero-order chi connectivity index (χ0) is 12.8. The molecule has 17 heavy (non-hydrogen) atoms. The number of urea groups is 1. The monoisotopic (exact) mass is 256 g/mol. The van der Waals surface area contributed by atoms with Crippen LogP contribution in [0, 0.1) is 0 Å². The van der Waals surface area contributed by atoms with E-state index >= 15 is 0 Å². The summed E-state index contributed by atoms with van der Waals surface area (Å²) in [4.78, 5) is 21.8. The van der Waals surface area contributed by atoms with E-state index in [9.17, 15) is 9.59 Å². The number of benzene rings is 1. The van der Waals surface area contributed by atoms with Crippen LogP contribution in [-0.4, -0.2) is 23.1 Å². The molecule has 5 nitrogen and oxygen atoms in total. The molecule has 0 saturated heterocycles. The minimum atomic E-state index is -1.08. The first kappa shape index (κ1) is 13.3. The summed E-state index contributed by atoms with van der Waals surface area (Å²) in [5.74, 6) is -1.08. The molecular weight excluding hydrogens is 244 g/mol. The van der Waals surface area contributed by atoms with Gasteiger partial charge in [0.1, 0.15) is 6.04 Å². The molecule has 1 atom stereocenters. The van der Waals surface area contributed by atoms with Gasteiger partial charge in [-0.05, 0) is 24.6 Å². The number of carboxylic acid groups (broad SMARTS) is 1. The van der Waals surface area contributed by atoms with Crippen molar-refractivity contribution in [1.29, 1.82) is 0 Å². The highest BCUT2D eigenvalue weighted by Crippen LogP contribution is 2.08. The summed E-state index contributed by atoms with van der Waals surface area (Å²) in [6, 6.07) is 5.56. The van der Waals surface area contributed by atoms with Crippen molar-refractivity contribution in [3.05, 3.63) is 34.9 Å². The number of hydrogen-bond acceptors (Lipinski definition) is 2. The van der Waals surface area contributed by atoms with Gasteiger partial charge in [0.25, 0.3) is 0 Å². The van der Waals surface area contributed by atoms with Crippen molar-refractivity contribution in [3.8, 4) is 0 Å². The van der Waals surface area contributed by atoms with Gasteiger partial charge in [-0.2, -0.15) is 0 Å². The molecule has 0 radical (unpaired) electrons. The van der Waals surface area contributed by atoms with Crippen molar-refractivity contribution in [1.82, 2.24) is 10.6 Å². The van der Waals surface area contributed by atoms with Gasteiger partial charge < -0.3 is 15.7 Å². The molecule has 1 aromatic carbocycles. The predicted molar refractivity (Wildman–Crippen MR) is 63.9 cm³/mol. The lowest BCUT2D eigenvalue weighted by Crippen LogP contribution is -2.44. The van der Waals surface area contributed by atoms with Gasteiger partial charge in [-0.15, -0.1) is 0 Å². The Hall–Kier alpha value is -1.75. The van der Waals surface area contributed by atoms with Crippen LogP contribution >= 0.6 is 11.6 Å². The van der Waals surface area contributed by atoms with Gasteiger partial charge in [0.15, 0.2) is 0 Å². The highest BCUT2D eigenvalue weighted by molar-refractivity contribution is 6.30. The molecule has 1 unspecified atom stereocenters. The Balaban J connectivity index is 2.38. The molecule has 3 N–H and O–H groups in total. The topological polar surface area (TPSA) is 78.4 Å². The molecule has 6 heteroatoms. The van der Waals surface area contributed by atoms with E-state index in [0.717, 1.165) is 5.56 Å². The largest absolute Gasteiger partial charge is 0.480 e. The first-order chi connectivity index (χ1) is 7.99. The number of halogens is 1. The van der Waals surface area contributed by atoms with E-state index in [1.54, 1.807) is 24.3 Å². The molecule has 0 aliphatic carbocycles. The molecular formula is C11H13ClN2O3. The minimum Gasteiger partial charge on any atom is -0.480 e. The number of amides is 2. The summed E-state index contributed by atoms with van der Waals surface area (Å²) >= 11 is 5.71. The van der Waals surface area contributed by atoms with Crippen LogP contribution in [0.25, 0.3) is 0 Å². The lowest BCUT2D eigenvalue weighted by atomic mass is 10.2. The SMILES string of the molecule is CC(NC(=O)NCc1ccc(Cl)cc1)C(=O)O. The fourth-order valence-electron chi connectivity index (χ4n) is 1.09. The maximum absolute atomic E-state index is 11.3. The first-order valence-electron chi connectivity index (χ1n) is 5.00. The van der Waals surface area contributed by atoms with Gasteiger partial charge in [-0.1, -0.05) is 23.7 Å². The fourth-order valence-corrected chi connectivity index (χ4v) is 1.22. The van der Waals surface area contributed by atoms with Crippen LogP contribution in [0.1, 0.15) is 12.5 Å². The Morgan fingerprint density at radius 3 is 2.47 bits per heavy atom. The van der Waals surface area contributed by atoms with E-state index in [-0.39, 0.29) is 0 Å². The quantitative estimate of drug-likeness (QED) is 0.766. The molecule has 1 rings (SSSR count). The zero-order valence-corrected chi connectivity index (χ0v) is 9.99. The van der Waals surface area contributed by atoms with E-state index in [1.165, 1.54) is 6.92 Å². The number of rotatable bonds is 4. The van der Waals surface area contributed by atoms with Gasteiger partial charge in [0.05, 0.1) is 0 Å². The number of aliphatic carboxylic acids is 1. The van der Waals surface area contributed by atoms with Crippen molar-refractivity contribution < 1.29 is 14.7 Å². The molecule has 0 aliphatic rings. The van der Waals surface area contributed by atoms with Crippen LogP contribution in [0.3, 0.4) is 0 Å². The normalized spacial score (nSPS) is 11.6. The maximum atomic E-state index is 11.3. The van der Waals surface area contributed by atoms with Crippen molar-refractivity contribution >= 4 is 23.6 Å². The summed E-state index contributed by atoms with van der Waals surface area (Å²) in [5, 5.41) is 14.0. The second-order valence-electron chi connectivity index (χ2n) is 3.51. The Kier molecular flexibility index (Phi) is 4.78. The molecule has 1 aromatic rings. The van der Waals surface area contributed by atoms with Crippen molar-refractivity contribution in [2.24, 2.45) is 0 Å². The van der Waals surface area contributed by atoms with Crippen LogP contribution in [0.2, 0.25) is 5.02 Å². The third kappa shape index (κ3) is 4.74. The van der Waals surface area contributed by atoms with Gasteiger partial charge >= 0.3 is 12.0 Å². The molecule has 0 spiro atoms. The number of hydrogen-bond donors (Lipinski definition) is 3. The summed E-state index contributed by atoms with van der Waals surface area (Å²) in [6.07, 6.45) is 0. The highest BCUT2D eigenvalue weighted by atomic mass is 35.5. The number of carbonyl (C=O) groups is 2. The standard InChI is InChI=1S/C11H13ClN2O3/c1-7(10(15)16)14-11(17)13-6-8-2-4-9(12)5-3-8/h2-5,7H,6H2,1H3,(H,15,16)(H2,13,14,17). The molecule has 0 fully saturated rings. The molecule has 0 heterocycles. The summed E-state index contributed by atoms with van der Waals surface area (Å²) in [5.41, 5.74) is 0.882. The van der Waals surface area contributed by atoms with Crippen LogP contribution < -0.4 is 10.6 Å². The Morgan fingerprint density at radius 1 is 1.35 bits per heavy atom. The van der Waals surface area contributed by atoms with Crippen LogP contribution in [0.4, 0.5) is 4.79 Å². The van der Waals surface area contributed by atoms with Crippen molar-refractivity contribution in [3.63, 3.8) is 0 Å². The van der Waals surface area contributed by atoms with E-state index in [2.05, 4.69) is 10.6 Å². The highest BCUT2D eigenvalue weighted by Gasteiger charge is 2.12. The van der Waals surface area contributed by atoms with Crippen LogP contribution in [-0.2, 0) is 11.3 Å². The molecule has 0 aromatic heterocycles. The number of carboxylic acids is 1. The number of carbonyl (C=O) groups excluding carboxylic acids is 1. The fraction of sp³-hybridized carbons (Fsp3) is 0.273. The second kappa shape index (κ2) is 6.10. The Morgan fingerprint density at radius 2 is 1.94 bits per heavy atom. The summed E-state index contributed by atoms with van der Waals surface area (Å²) in [7, 11) is 0. The van der Waals surface area contributed by atoms with Crippen molar-refractivity contribution in [2.45, 2.75) is 19.5 Å². The van der Waals surface area contributed by atoms with Gasteiger partial charge in [0.2, 0.25) is 0 Å². The van der Waals surface area contributed by atoms with E-state index in [1.807, 2.05) is 0 Å². The van der Waals surface area contributed by atoms with Gasteiger partial charge in [-0.3, -0.25) is 4.79 Å². The third-order valence-corrected chi connectivity index (χ3v) is 2.34. The smallest absolute Gasteiger partial charge is 0.325 e. The molecule has 0 aliphatic heterocycles. The van der Waals surface area contributed by atoms with E-state index in [4.69, 9.17) is 16.7 Å². The summed E-state index contributed by atoms with van der Waals surface area (Å²) in [6.45, 7) is 1.71. The average molecular weight is 257 g/mol. The molecule has 0 saturated carbocycles. The summed E-state index contributed by atoms with van der Waals surface area (Å²) < 4.78 is 0. The molecule has 2 amide bonds. The van der Waals surface area contributed by atoms with Gasteiger partial charge in [0, 0.05) is 11.6 Å². The zero-order valence-electron chi connectivity index (χ0n) is 9.24. The lowest BCUT2D eigenvalue weighted by Gasteiger charge is -2.10. The minimum absolute atomic E-state index is 0.315. The van der Waals surface area contributed by atoms with Crippen molar-refractivity contribution in [2.75, 3.05) is 0 Å².